The first-order valence-electron chi connectivity index (χ1n) is 17.0. The van der Waals surface area contributed by atoms with Crippen molar-refractivity contribution in [2.24, 2.45) is 5.92 Å². The minimum Gasteiger partial charge on any atom is -0.466 e. The molecule has 0 spiro atoms. The van der Waals surface area contributed by atoms with Gasteiger partial charge in [0.15, 0.2) is 0 Å². The predicted molar refractivity (Wildman–Crippen MR) is 185 cm³/mol. The van der Waals surface area contributed by atoms with Crippen LogP contribution in [0.15, 0.2) is 121 Å². The summed E-state index contributed by atoms with van der Waals surface area (Å²) in [6, 6.07) is 40.4. The molecule has 0 radical (unpaired) electrons. The summed E-state index contributed by atoms with van der Waals surface area (Å²) in [4.78, 5) is 12.6. The molecule has 0 amide bonds. The van der Waals surface area contributed by atoms with E-state index in [4.69, 9.17) is 28.4 Å². The lowest BCUT2D eigenvalue weighted by Crippen LogP contribution is -2.61. The predicted octanol–water partition coefficient (Wildman–Crippen LogP) is 7.71. The summed E-state index contributed by atoms with van der Waals surface area (Å²) in [5.74, 6) is -0.495. The summed E-state index contributed by atoms with van der Waals surface area (Å²) in [7, 11) is 0. The zero-order valence-electron chi connectivity index (χ0n) is 28.0. The molecule has 1 aliphatic rings. The van der Waals surface area contributed by atoms with Gasteiger partial charge in [-0.2, -0.15) is 0 Å². The van der Waals surface area contributed by atoms with E-state index in [9.17, 15) is 4.79 Å². The topological polar surface area (TPSA) is 72.5 Å². The van der Waals surface area contributed by atoms with Crippen LogP contribution in [0.3, 0.4) is 0 Å². The van der Waals surface area contributed by atoms with E-state index >= 15 is 0 Å². The minimum atomic E-state index is -0.496. The second kappa shape index (κ2) is 19.2. The van der Waals surface area contributed by atoms with E-state index in [1.807, 2.05) is 123 Å². The lowest BCUT2D eigenvalue weighted by Gasteiger charge is -2.46. The number of benzene rings is 4. The Bertz CT molecular complexity index is 1450. The van der Waals surface area contributed by atoms with Crippen molar-refractivity contribution in [3.05, 3.63) is 144 Å². The summed E-state index contributed by atoms with van der Waals surface area (Å²) in [6.07, 6.45) is -1.14. The first-order valence-corrected chi connectivity index (χ1v) is 17.0. The highest BCUT2D eigenvalue weighted by atomic mass is 16.6. The Labute approximate surface area is 285 Å². The highest BCUT2D eigenvalue weighted by molar-refractivity contribution is 5.71. The zero-order chi connectivity index (χ0) is 33.4. The van der Waals surface area contributed by atoms with E-state index in [0.717, 1.165) is 22.3 Å². The maximum Gasteiger partial charge on any atom is 0.308 e. The fraction of sp³-hybridized carbons (Fsp3) is 0.390. The number of hydrogen-bond donors (Lipinski definition) is 0. The summed E-state index contributed by atoms with van der Waals surface area (Å²) in [5, 5.41) is 0. The Morgan fingerprint density at radius 1 is 0.604 bits per heavy atom. The van der Waals surface area contributed by atoms with Crippen LogP contribution in [0.5, 0.6) is 0 Å². The monoisotopic (exact) mass is 652 g/mol. The van der Waals surface area contributed by atoms with Gasteiger partial charge in [-0.15, -0.1) is 0 Å². The molecule has 0 N–H and O–H groups in total. The van der Waals surface area contributed by atoms with Gasteiger partial charge in [0, 0.05) is 0 Å². The van der Waals surface area contributed by atoms with Gasteiger partial charge in [-0.3, -0.25) is 4.79 Å². The van der Waals surface area contributed by atoms with Gasteiger partial charge in [0.25, 0.3) is 0 Å². The number of carbonyl (C=O) groups is 1. The Balaban J connectivity index is 1.44. The lowest BCUT2D eigenvalue weighted by molar-refractivity contribution is -0.274. The van der Waals surface area contributed by atoms with Crippen LogP contribution in [0.4, 0.5) is 0 Å². The number of ether oxygens (including phenoxy) is 6. The van der Waals surface area contributed by atoms with Gasteiger partial charge in [-0.05, 0) is 42.0 Å². The molecule has 4 aromatic rings. The smallest absolute Gasteiger partial charge is 0.308 e. The van der Waals surface area contributed by atoms with Gasteiger partial charge in [0.2, 0.25) is 0 Å². The van der Waals surface area contributed by atoms with Gasteiger partial charge >= 0.3 is 5.97 Å². The van der Waals surface area contributed by atoms with E-state index in [1.165, 1.54) is 0 Å². The van der Waals surface area contributed by atoms with E-state index in [1.54, 1.807) is 0 Å². The lowest BCUT2D eigenvalue weighted by atomic mass is 9.90. The molecule has 6 atom stereocenters. The molecule has 1 saturated heterocycles. The third-order valence-electron chi connectivity index (χ3n) is 8.55. The Morgan fingerprint density at radius 2 is 1.02 bits per heavy atom. The van der Waals surface area contributed by atoms with Gasteiger partial charge in [-0.1, -0.05) is 128 Å². The van der Waals surface area contributed by atoms with Gasteiger partial charge in [0.1, 0.15) is 24.4 Å². The molecule has 5 rings (SSSR count). The Kier molecular flexibility index (Phi) is 14.2. The van der Waals surface area contributed by atoms with Gasteiger partial charge in [-0.25, -0.2) is 0 Å². The number of carbonyl (C=O) groups excluding carboxylic acids is 1. The van der Waals surface area contributed by atoms with Crippen LogP contribution in [0.2, 0.25) is 0 Å². The van der Waals surface area contributed by atoms with Crippen molar-refractivity contribution in [1.82, 2.24) is 0 Å². The van der Waals surface area contributed by atoms with E-state index in [0.29, 0.717) is 52.5 Å². The van der Waals surface area contributed by atoms with Crippen LogP contribution < -0.4 is 0 Å². The number of esters is 1. The molecule has 0 bridgehead atoms. The minimum absolute atomic E-state index is 0.209. The molecule has 0 saturated carbocycles. The second-order valence-corrected chi connectivity index (χ2v) is 12.2. The normalized spacial score (nSPS) is 21.4. The molecule has 1 heterocycles. The molecule has 48 heavy (non-hydrogen) atoms. The van der Waals surface area contributed by atoms with Crippen molar-refractivity contribution >= 4 is 5.97 Å². The third kappa shape index (κ3) is 10.8. The highest BCUT2D eigenvalue weighted by Crippen LogP contribution is 2.33. The Hall–Kier alpha value is -3.85. The number of rotatable bonds is 18. The zero-order valence-corrected chi connectivity index (χ0v) is 28.0. The summed E-state index contributed by atoms with van der Waals surface area (Å²) in [6.45, 7) is 5.96. The molecule has 1 fully saturated rings. The van der Waals surface area contributed by atoms with Gasteiger partial charge < -0.3 is 28.4 Å². The van der Waals surface area contributed by atoms with E-state index in [-0.39, 0.29) is 18.0 Å². The molecule has 0 aromatic heterocycles. The van der Waals surface area contributed by atoms with Crippen molar-refractivity contribution in [2.45, 2.75) is 83.6 Å². The fourth-order valence-electron chi connectivity index (χ4n) is 5.93. The van der Waals surface area contributed by atoms with E-state index in [2.05, 4.69) is 12.1 Å². The SMILES string of the molecule is CCOC(=O)C(C)CC[C@@H]1OC(COCc2ccccc2)C(OCc2ccccc2)[C@H](OCc2ccccc2)[C@H]1OCc1ccccc1. The van der Waals surface area contributed by atoms with Crippen LogP contribution in [0.1, 0.15) is 48.9 Å². The van der Waals surface area contributed by atoms with Crippen molar-refractivity contribution in [3.8, 4) is 0 Å². The molecule has 254 valence electrons. The molecule has 4 aromatic carbocycles. The maximum atomic E-state index is 12.6. The Morgan fingerprint density at radius 3 is 1.48 bits per heavy atom. The largest absolute Gasteiger partial charge is 0.466 e. The summed E-state index contributed by atoms with van der Waals surface area (Å²) < 4.78 is 38.8. The molecule has 7 heteroatoms. The van der Waals surface area contributed by atoms with Crippen molar-refractivity contribution in [3.63, 3.8) is 0 Å². The van der Waals surface area contributed by atoms with Crippen LogP contribution in [0, 0.1) is 5.92 Å². The first kappa shape index (κ1) is 35.5. The average Bonchev–Trinajstić information content (AvgIpc) is 3.13. The molecular weight excluding hydrogens is 604 g/mol. The molecular formula is C41H48O7. The molecule has 7 nitrogen and oxygen atoms in total. The second-order valence-electron chi connectivity index (χ2n) is 12.2. The molecule has 0 aliphatic carbocycles. The van der Waals surface area contributed by atoms with Crippen LogP contribution in [0.25, 0.3) is 0 Å². The fourth-order valence-corrected chi connectivity index (χ4v) is 5.93. The van der Waals surface area contributed by atoms with Crippen LogP contribution >= 0.6 is 0 Å². The van der Waals surface area contributed by atoms with Crippen LogP contribution in [-0.4, -0.2) is 49.7 Å². The highest BCUT2D eigenvalue weighted by Gasteiger charge is 2.48. The van der Waals surface area contributed by atoms with Gasteiger partial charge in [0.05, 0.1) is 51.7 Å². The quantitative estimate of drug-likeness (QED) is 0.102. The standard InChI is InChI=1S/C41H48O7/c1-3-44-41(42)31(2)24-25-36-38(45-27-33-18-10-5-11-19-33)40(47-29-35-22-14-7-15-23-35)39(46-28-34-20-12-6-13-21-34)37(48-36)30-43-26-32-16-8-4-9-17-32/h4-23,31,36-40H,3,24-30H2,1-2H3/t31?,36-,37?,38-,39?,40+/m0/s1. The maximum absolute atomic E-state index is 12.6. The third-order valence-corrected chi connectivity index (χ3v) is 8.55. The van der Waals surface area contributed by atoms with Crippen LogP contribution in [-0.2, 0) is 59.6 Å². The van der Waals surface area contributed by atoms with Crippen molar-refractivity contribution in [2.75, 3.05) is 13.2 Å². The summed E-state index contributed by atoms with van der Waals surface area (Å²) >= 11 is 0. The molecule has 1 aliphatic heterocycles. The van der Waals surface area contributed by atoms with E-state index < -0.39 is 24.4 Å². The number of hydrogen-bond acceptors (Lipinski definition) is 7. The first-order chi connectivity index (χ1) is 23.6. The molecule has 3 unspecified atom stereocenters. The van der Waals surface area contributed by atoms with Crippen molar-refractivity contribution in [1.29, 1.82) is 0 Å². The average molecular weight is 653 g/mol. The summed E-state index contributed by atoms with van der Waals surface area (Å²) in [5.41, 5.74) is 4.23. The van der Waals surface area contributed by atoms with Crippen molar-refractivity contribution < 1.29 is 33.2 Å².